The van der Waals surface area contributed by atoms with Gasteiger partial charge in [-0.15, -0.1) is 0 Å². The lowest BCUT2D eigenvalue weighted by Gasteiger charge is -2.05. The Hall–Kier alpha value is -1.28. The van der Waals surface area contributed by atoms with Crippen LogP contribution in [0, 0.1) is 0 Å². The molecule has 0 radical (unpaired) electrons. The van der Waals surface area contributed by atoms with Gasteiger partial charge in [-0.1, -0.05) is 6.92 Å². The lowest BCUT2D eigenvalue weighted by molar-refractivity contribution is 0.102. The molecule has 0 bridgehead atoms. The average molecular weight is 389 g/mol. The Morgan fingerprint density at radius 3 is 2.84 bits per heavy atom. The van der Waals surface area contributed by atoms with Gasteiger partial charge in [-0.25, -0.2) is 9.97 Å². The van der Waals surface area contributed by atoms with Crippen LogP contribution in [0.3, 0.4) is 0 Å². The molecule has 1 amide bonds. The molecule has 0 aliphatic carbocycles. The Balaban J connectivity index is 2.25. The molecule has 2 aromatic heterocycles. The maximum Gasteiger partial charge on any atom is 0.260 e. The summed E-state index contributed by atoms with van der Waals surface area (Å²) in [5.74, 6) is 0.126. The van der Waals surface area contributed by atoms with Gasteiger partial charge in [0, 0.05) is 13.2 Å². The fourth-order valence-corrected chi connectivity index (χ4v) is 2.50. The van der Waals surface area contributed by atoms with Crippen molar-refractivity contribution in [3.63, 3.8) is 0 Å². The monoisotopic (exact) mass is 387 g/mol. The van der Waals surface area contributed by atoms with Gasteiger partial charge in [0.1, 0.15) is 9.21 Å². The quantitative estimate of drug-likeness (QED) is 0.876. The van der Waals surface area contributed by atoms with Crippen LogP contribution in [0.1, 0.15) is 23.0 Å². The first-order valence-corrected chi connectivity index (χ1v) is 7.11. The van der Waals surface area contributed by atoms with Crippen LogP contribution in [-0.2, 0) is 13.5 Å². The number of halogens is 2. The van der Waals surface area contributed by atoms with E-state index in [0.29, 0.717) is 27.0 Å². The normalized spacial score (nSPS) is 10.5. The second kappa shape index (κ2) is 5.79. The van der Waals surface area contributed by atoms with E-state index in [1.807, 2.05) is 6.92 Å². The molecule has 0 fully saturated rings. The molecule has 1 N–H and O–H groups in total. The largest absolute Gasteiger partial charge is 0.304 e. The summed E-state index contributed by atoms with van der Waals surface area (Å²) < 4.78 is 2.68. The zero-order chi connectivity index (χ0) is 14.0. The van der Waals surface area contributed by atoms with Crippen molar-refractivity contribution < 1.29 is 4.79 Å². The van der Waals surface area contributed by atoms with Crippen LogP contribution >= 0.6 is 31.9 Å². The summed E-state index contributed by atoms with van der Waals surface area (Å²) in [6.45, 7) is 1.95. The highest BCUT2D eigenvalue weighted by molar-refractivity contribution is 9.11. The third kappa shape index (κ3) is 3.19. The molecule has 2 aromatic rings. The lowest BCUT2D eigenvalue weighted by atomic mass is 10.2. The topological polar surface area (TPSA) is 72.7 Å². The van der Waals surface area contributed by atoms with Crippen molar-refractivity contribution in [2.24, 2.45) is 7.05 Å². The number of carbonyl (C=O) groups is 1. The van der Waals surface area contributed by atoms with E-state index in [2.05, 4.69) is 52.2 Å². The van der Waals surface area contributed by atoms with E-state index in [4.69, 9.17) is 0 Å². The lowest BCUT2D eigenvalue weighted by Crippen LogP contribution is -2.15. The van der Waals surface area contributed by atoms with Crippen molar-refractivity contribution in [3.8, 4) is 0 Å². The van der Waals surface area contributed by atoms with Gasteiger partial charge in [-0.05, 0) is 38.3 Å². The molecular weight excluding hydrogens is 378 g/mol. The SMILES string of the molecule is CCc1nn(C)cc1C(=O)Nc1ncc(Br)nc1Br. The number of aryl methyl sites for hydroxylation is 2. The molecule has 0 atom stereocenters. The summed E-state index contributed by atoms with van der Waals surface area (Å²) in [4.78, 5) is 20.4. The first-order valence-electron chi connectivity index (χ1n) is 5.53. The zero-order valence-electron chi connectivity index (χ0n) is 10.3. The summed E-state index contributed by atoms with van der Waals surface area (Å²) >= 11 is 6.45. The minimum absolute atomic E-state index is 0.248. The number of hydrogen-bond acceptors (Lipinski definition) is 4. The predicted molar refractivity (Wildman–Crippen MR) is 78.0 cm³/mol. The number of carbonyl (C=O) groups excluding carboxylic acids is 1. The summed E-state index contributed by atoms with van der Waals surface area (Å²) in [5.41, 5.74) is 1.29. The number of amides is 1. The predicted octanol–water partition coefficient (Wildman–Crippen LogP) is 2.55. The van der Waals surface area contributed by atoms with Crippen LogP contribution in [0.25, 0.3) is 0 Å². The molecule has 2 rings (SSSR count). The second-order valence-electron chi connectivity index (χ2n) is 3.80. The molecular formula is C11H11Br2N5O. The number of nitrogens with zero attached hydrogens (tertiary/aromatic N) is 4. The highest BCUT2D eigenvalue weighted by atomic mass is 79.9. The Morgan fingerprint density at radius 2 is 2.21 bits per heavy atom. The molecule has 19 heavy (non-hydrogen) atoms. The molecule has 8 heteroatoms. The molecule has 6 nitrogen and oxygen atoms in total. The summed E-state index contributed by atoms with van der Waals surface area (Å²) in [6.07, 6.45) is 3.90. The van der Waals surface area contributed by atoms with E-state index in [0.717, 1.165) is 5.69 Å². The van der Waals surface area contributed by atoms with Crippen molar-refractivity contribution in [2.45, 2.75) is 13.3 Å². The van der Waals surface area contributed by atoms with Crippen LogP contribution in [0.4, 0.5) is 5.82 Å². The zero-order valence-corrected chi connectivity index (χ0v) is 13.5. The van der Waals surface area contributed by atoms with Crippen LogP contribution in [0.2, 0.25) is 0 Å². The molecule has 0 spiro atoms. The molecule has 100 valence electrons. The number of aromatic nitrogens is 4. The molecule has 0 aromatic carbocycles. The highest BCUT2D eigenvalue weighted by Crippen LogP contribution is 2.20. The first kappa shape index (κ1) is 14.1. The van der Waals surface area contributed by atoms with Crippen molar-refractivity contribution in [2.75, 3.05) is 5.32 Å². The standard InChI is InChI=1S/C11H11Br2N5O/c1-3-7-6(5-18(2)17-7)11(19)16-10-9(13)15-8(12)4-14-10/h4-5H,3H2,1-2H3,(H,14,16,19). The van der Waals surface area contributed by atoms with Gasteiger partial charge in [0.05, 0.1) is 17.5 Å². The first-order chi connectivity index (χ1) is 9.01. The van der Waals surface area contributed by atoms with Crippen LogP contribution < -0.4 is 5.32 Å². The second-order valence-corrected chi connectivity index (χ2v) is 5.37. The van der Waals surface area contributed by atoms with Gasteiger partial charge in [0.2, 0.25) is 0 Å². The van der Waals surface area contributed by atoms with Crippen molar-refractivity contribution in [3.05, 3.63) is 32.9 Å². The molecule has 0 aliphatic heterocycles. The smallest absolute Gasteiger partial charge is 0.260 e. The van der Waals surface area contributed by atoms with Crippen LogP contribution in [-0.4, -0.2) is 25.7 Å². The van der Waals surface area contributed by atoms with E-state index in [1.54, 1.807) is 17.9 Å². The summed E-state index contributed by atoms with van der Waals surface area (Å²) in [6, 6.07) is 0. The summed E-state index contributed by atoms with van der Waals surface area (Å²) in [5, 5.41) is 6.94. The van der Waals surface area contributed by atoms with Crippen molar-refractivity contribution in [1.82, 2.24) is 19.7 Å². The third-order valence-corrected chi connectivity index (χ3v) is 3.35. The minimum Gasteiger partial charge on any atom is -0.304 e. The molecule has 2 heterocycles. The van der Waals surface area contributed by atoms with E-state index in [9.17, 15) is 4.79 Å². The van der Waals surface area contributed by atoms with Crippen molar-refractivity contribution in [1.29, 1.82) is 0 Å². The van der Waals surface area contributed by atoms with E-state index in [1.165, 1.54) is 6.20 Å². The Kier molecular flexibility index (Phi) is 4.31. The van der Waals surface area contributed by atoms with Crippen molar-refractivity contribution >= 4 is 43.6 Å². The molecule has 0 unspecified atom stereocenters. The summed E-state index contributed by atoms with van der Waals surface area (Å²) in [7, 11) is 1.78. The minimum atomic E-state index is -0.248. The number of nitrogens with one attached hydrogen (secondary N) is 1. The van der Waals surface area contributed by atoms with Crippen LogP contribution in [0.15, 0.2) is 21.6 Å². The molecule has 0 saturated carbocycles. The maximum absolute atomic E-state index is 12.2. The van der Waals surface area contributed by atoms with Gasteiger partial charge < -0.3 is 5.32 Å². The van der Waals surface area contributed by atoms with E-state index >= 15 is 0 Å². The van der Waals surface area contributed by atoms with E-state index < -0.39 is 0 Å². The molecule has 0 aliphatic rings. The Labute approximate surface area is 126 Å². The van der Waals surface area contributed by atoms with Gasteiger partial charge in [-0.3, -0.25) is 9.48 Å². The number of hydrogen-bond donors (Lipinski definition) is 1. The Morgan fingerprint density at radius 1 is 1.47 bits per heavy atom. The molecule has 0 saturated heterocycles. The Bertz CT molecular complexity index is 626. The highest BCUT2D eigenvalue weighted by Gasteiger charge is 2.16. The van der Waals surface area contributed by atoms with E-state index in [-0.39, 0.29) is 5.91 Å². The third-order valence-electron chi connectivity index (χ3n) is 2.42. The average Bonchev–Trinajstić information content (AvgIpc) is 2.74. The number of rotatable bonds is 3. The van der Waals surface area contributed by atoms with Crippen LogP contribution in [0.5, 0.6) is 0 Å². The van der Waals surface area contributed by atoms with Gasteiger partial charge in [0.25, 0.3) is 5.91 Å². The van der Waals surface area contributed by atoms with Gasteiger partial charge >= 0.3 is 0 Å². The van der Waals surface area contributed by atoms with Gasteiger partial charge in [0.15, 0.2) is 5.82 Å². The van der Waals surface area contributed by atoms with Gasteiger partial charge in [-0.2, -0.15) is 5.10 Å². The maximum atomic E-state index is 12.2. The fourth-order valence-electron chi connectivity index (χ4n) is 1.59. The number of anilines is 1. The fraction of sp³-hybridized carbons (Fsp3) is 0.273.